The van der Waals surface area contributed by atoms with E-state index in [0.29, 0.717) is 13.2 Å². The van der Waals surface area contributed by atoms with E-state index in [0.717, 1.165) is 19.3 Å². The molecule has 1 atom stereocenters. The molecule has 1 amide bonds. The number of ether oxygens (including phenoxy) is 1. The van der Waals surface area contributed by atoms with Gasteiger partial charge in [0.2, 0.25) is 5.91 Å². The van der Waals surface area contributed by atoms with Crippen molar-refractivity contribution in [1.82, 2.24) is 5.32 Å². The van der Waals surface area contributed by atoms with Crippen LogP contribution in [0.2, 0.25) is 0 Å². The smallest absolute Gasteiger partial charge is 0.243 e. The molecule has 3 heteroatoms. The minimum absolute atomic E-state index is 0.0522. The predicted octanol–water partition coefficient (Wildman–Crippen LogP) is 4.07. The van der Waals surface area contributed by atoms with Gasteiger partial charge in [0.1, 0.15) is 0 Å². The van der Waals surface area contributed by atoms with Crippen LogP contribution in [0.4, 0.5) is 0 Å². The summed E-state index contributed by atoms with van der Waals surface area (Å²) in [5, 5.41) is 2.78. The summed E-state index contributed by atoms with van der Waals surface area (Å²) >= 11 is 0. The molecule has 0 heterocycles. The van der Waals surface area contributed by atoms with Crippen molar-refractivity contribution >= 4 is 5.91 Å². The highest BCUT2D eigenvalue weighted by molar-refractivity contribution is 5.86. The van der Waals surface area contributed by atoms with Crippen LogP contribution in [0.3, 0.4) is 0 Å². The van der Waals surface area contributed by atoms with Crippen molar-refractivity contribution in [2.75, 3.05) is 13.2 Å². The lowest BCUT2D eigenvalue weighted by atomic mass is 10.0. The number of nitrogens with one attached hydrogen (secondary N) is 1. The fraction of sp³-hybridized carbons (Fsp3) is 0.286. The molecule has 3 nitrogen and oxygen atoms in total. The molecule has 0 aromatic heterocycles. The van der Waals surface area contributed by atoms with Gasteiger partial charge >= 0.3 is 0 Å². The molecule has 0 aliphatic rings. The zero-order valence-electron chi connectivity index (χ0n) is 14.0. The summed E-state index contributed by atoms with van der Waals surface area (Å²) in [6, 6.07) is 20.7. The van der Waals surface area contributed by atoms with Crippen molar-refractivity contribution in [2.45, 2.75) is 25.4 Å². The average molecular weight is 323 g/mol. The van der Waals surface area contributed by atoms with E-state index in [1.807, 2.05) is 24.3 Å². The lowest BCUT2D eigenvalue weighted by molar-refractivity contribution is -0.116. The number of benzene rings is 2. The molecule has 0 bridgehead atoms. The van der Waals surface area contributed by atoms with Crippen molar-refractivity contribution < 1.29 is 9.53 Å². The van der Waals surface area contributed by atoms with E-state index in [2.05, 4.69) is 48.3 Å². The van der Waals surface area contributed by atoms with E-state index < -0.39 is 0 Å². The predicted molar refractivity (Wildman–Crippen MR) is 97.7 cm³/mol. The van der Waals surface area contributed by atoms with Crippen LogP contribution in [0.15, 0.2) is 73.3 Å². The zero-order valence-corrected chi connectivity index (χ0v) is 14.0. The summed E-state index contributed by atoms with van der Waals surface area (Å²) in [6.45, 7) is 4.77. The van der Waals surface area contributed by atoms with Crippen molar-refractivity contribution in [3.05, 3.63) is 84.4 Å². The number of hydrogen-bond acceptors (Lipinski definition) is 2. The van der Waals surface area contributed by atoms with Gasteiger partial charge in [-0.3, -0.25) is 4.79 Å². The molecular weight excluding hydrogens is 298 g/mol. The fourth-order valence-corrected chi connectivity index (χ4v) is 2.51. The molecule has 0 aliphatic heterocycles. The summed E-state index contributed by atoms with van der Waals surface area (Å²) in [5.74, 6) is -0.123. The van der Waals surface area contributed by atoms with Gasteiger partial charge in [0.15, 0.2) is 0 Å². The Labute approximate surface area is 144 Å². The Morgan fingerprint density at radius 1 is 1.04 bits per heavy atom. The lowest BCUT2D eigenvalue weighted by Gasteiger charge is -2.19. The summed E-state index contributed by atoms with van der Waals surface area (Å²) in [6.07, 6.45) is 4.01. The highest BCUT2D eigenvalue weighted by atomic mass is 16.5. The van der Waals surface area contributed by atoms with Crippen molar-refractivity contribution in [3.63, 3.8) is 0 Å². The lowest BCUT2D eigenvalue weighted by Crippen LogP contribution is -2.22. The average Bonchev–Trinajstić information content (AvgIpc) is 2.64. The second-order valence-corrected chi connectivity index (χ2v) is 5.66. The van der Waals surface area contributed by atoms with Gasteiger partial charge in [-0.2, -0.15) is 0 Å². The van der Waals surface area contributed by atoms with E-state index in [-0.39, 0.29) is 12.0 Å². The molecule has 0 fully saturated rings. The second kappa shape index (κ2) is 10.4. The van der Waals surface area contributed by atoms with Gasteiger partial charge in [-0.05, 0) is 30.0 Å². The highest BCUT2D eigenvalue weighted by Gasteiger charge is 2.12. The molecule has 0 aliphatic carbocycles. The van der Waals surface area contributed by atoms with Crippen LogP contribution in [-0.2, 0) is 16.0 Å². The van der Waals surface area contributed by atoms with Gasteiger partial charge in [-0.1, -0.05) is 67.2 Å². The number of amides is 1. The normalized spacial score (nSPS) is 11.7. The monoisotopic (exact) mass is 323 g/mol. The Morgan fingerprint density at radius 3 is 2.38 bits per heavy atom. The van der Waals surface area contributed by atoms with Crippen LogP contribution < -0.4 is 5.32 Å². The second-order valence-electron chi connectivity index (χ2n) is 5.66. The van der Waals surface area contributed by atoms with Crippen LogP contribution >= 0.6 is 0 Å². The van der Waals surface area contributed by atoms with Gasteiger partial charge in [0.25, 0.3) is 0 Å². The number of hydrogen-bond donors (Lipinski definition) is 1. The summed E-state index contributed by atoms with van der Waals surface area (Å²) in [7, 11) is 0. The van der Waals surface area contributed by atoms with Crippen LogP contribution in [0, 0.1) is 0 Å². The fourth-order valence-electron chi connectivity index (χ4n) is 2.51. The van der Waals surface area contributed by atoms with E-state index in [1.54, 1.807) is 0 Å². The number of carbonyl (C=O) groups excluding carboxylic acids is 1. The van der Waals surface area contributed by atoms with Crippen molar-refractivity contribution in [2.24, 2.45) is 0 Å². The van der Waals surface area contributed by atoms with E-state index >= 15 is 0 Å². The molecule has 0 saturated carbocycles. The minimum atomic E-state index is -0.123. The quantitative estimate of drug-likeness (QED) is 0.529. The van der Waals surface area contributed by atoms with Crippen LogP contribution in [-0.4, -0.2) is 19.1 Å². The molecule has 1 N–H and O–H groups in total. The van der Waals surface area contributed by atoms with Crippen LogP contribution in [0.25, 0.3) is 0 Å². The molecule has 24 heavy (non-hydrogen) atoms. The Balaban J connectivity index is 1.83. The van der Waals surface area contributed by atoms with Crippen molar-refractivity contribution in [1.29, 1.82) is 0 Å². The van der Waals surface area contributed by atoms with Crippen LogP contribution in [0.1, 0.15) is 30.1 Å². The Bertz CT molecular complexity index is 610. The summed E-state index contributed by atoms with van der Waals surface area (Å²) < 4.78 is 6.13. The first-order chi connectivity index (χ1) is 11.8. The third-order valence-corrected chi connectivity index (χ3v) is 3.81. The first kappa shape index (κ1) is 18.0. The first-order valence-electron chi connectivity index (χ1n) is 8.40. The maximum atomic E-state index is 11.1. The molecule has 2 rings (SSSR count). The zero-order chi connectivity index (χ0) is 17.0. The molecular formula is C21H25NO2. The van der Waals surface area contributed by atoms with Gasteiger partial charge in [-0.25, -0.2) is 0 Å². The Hall–Kier alpha value is -2.39. The maximum absolute atomic E-state index is 11.1. The van der Waals surface area contributed by atoms with Gasteiger partial charge in [-0.15, -0.1) is 0 Å². The topological polar surface area (TPSA) is 38.3 Å². The molecule has 2 aromatic carbocycles. The third kappa shape index (κ3) is 6.39. The van der Waals surface area contributed by atoms with Crippen molar-refractivity contribution in [3.8, 4) is 0 Å². The Morgan fingerprint density at radius 2 is 1.71 bits per heavy atom. The van der Waals surface area contributed by atoms with Crippen LogP contribution in [0.5, 0.6) is 0 Å². The molecule has 1 unspecified atom stereocenters. The minimum Gasteiger partial charge on any atom is -0.373 e. The molecule has 0 saturated heterocycles. The van der Waals surface area contributed by atoms with E-state index in [4.69, 9.17) is 4.74 Å². The number of unbranched alkanes of at least 4 members (excludes halogenated alkanes) is 1. The molecule has 126 valence electrons. The van der Waals surface area contributed by atoms with E-state index in [1.165, 1.54) is 17.2 Å². The molecule has 2 aromatic rings. The van der Waals surface area contributed by atoms with Gasteiger partial charge in [0, 0.05) is 19.6 Å². The third-order valence-electron chi connectivity index (χ3n) is 3.81. The number of rotatable bonds is 10. The first-order valence-corrected chi connectivity index (χ1v) is 8.40. The molecule has 0 radical (unpaired) electrons. The largest absolute Gasteiger partial charge is 0.373 e. The summed E-state index contributed by atoms with van der Waals surface area (Å²) in [4.78, 5) is 11.1. The van der Waals surface area contributed by atoms with Gasteiger partial charge < -0.3 is 10.1 Å². The van der Waals surface area contributed by atoms with E-state index in [9.17, 15) is 4.79 Å². The van der Waals surface area contributed by atoms with Gasteiger partial charge in [0.05, 0.1) is 6.10 Å². The number of carbonyl (C=O) groups is 1. The SMILES string of the molecule is C=CC(=O)NCCCCOC(Cc1ccccc1)c1ccccc1. The molecule has 0 spiro atoms. The highest BCUT2D eigenvalue weighted by Crippen LogP contribution is 2.22. The standard InChI is InChI=1S/C21H25NO2/c1-2-21(23)22-15-9-10-16-24-20(19-13-7-4-8-14-19)17-18-11-5-3-6-12-18/h2-8,11-14,20H,1,9-10,15-17H2,(H,22,23). The maximum Gasteiger partial charge on any atom is 0.243 e. The Kier molecular flexibility index (Phi) is 7.78. The summed E-state index contributed by atoms with van der Waals surface area (Å²) in [5.41, 5.74) is 2.46.